The molecule has 0 unspecified atom stereocenters. The second-order valence-corrected chi connectivity index (χ2v) is 6.42. The molecule has 0 aliphatic carbocycles. The zero-order valence-corrected chi connectivity index (χ0v) is 15.8. The number of carbonyl (C=O) groups excluding carboxylic acids is 1. The molecule has 3 rings (SSSR count). The molecule has 3 aromatic rings. The number of anilines is 1. The number of hydrogen-bond acceptors (Lipinski definition) is 5. The number of nitrogens with one attached hydrogen (secondary N) is 1. The number of methoxy groups -OCH3 is 1. The van der Waals surface area contributed by atoms with Gasteiger partial charge in [0, 0.05) is 5.02 Å². The normalized spacial score (nSPS) is 11.1. The van der Waals surface area contributed by atoms with E-state index in [-0.39, 0.29) is 16.6 Å². The molecule has 1 amide bonds. The molecule has 6 nitrogen and oxygen atoms in total. The van der Waals surface area contributed by atoms with Crippen LogP contribution >= 0.6 is 11.6 Å². The van der Waals surface area contributed by atoms with Crippen molar-refractivity contribution >= 4 is 40.2 Å². The van der Waals surface area contributed by atoms with Crippen LogP contribution in [0.4, 0.5) is 5.69 Å². The summed E-state index contributed by atoms with van der Waals surface area (Å²) in [5.41, 5.74) is 1.14. The number of ether oxygens (including phenoxy) is 1. The van der Waals surface area contributed by atoms with Gasteiger partial charge in [-0.15, -0.1) is 0 Å². The van der Waals surface area contributed by atoms with E-state index in [4.69, 9.17) is 20.8 Å². The number of benzene rings is 2. The minimum Gasteiger partial charge on any atom is -0.495 e. The summed E-state index contributed by atoms with van der Waals surface area (Å²) in [5.74, 6) is -0.317. The van der Waals surface area contributed by atoms with Crippen LogP contribution in [0.2, 0.25) is 5.02 Å². The monoisotopic (exact) mass is 394 g/mol. The smallest absolute Gasteiger partial charge is 0.266 e. The Morgan fingerprint density at radius 1 is 1.29 bits per heavy atom. The zero-order valence-electron chi connectivity index (χ0n) is 15.1. The molecule has 0 spiro atoms. The number of hydrogen-bond donors (Lipinski definition) is 1. The Morgan fingerprint density at radius 2 is 2.07 bits per heavy atom. The van der Waals surface area contributed by atoms with E-state index in [2.05, 4.69) is 5.32 Å². The first-order valence-corrected chi connectivity index (χ1v) is 8.59. The Bertz CT molecular complexity index is 1210. The van der Waals surface area contributed by atoms with Crippen LogP contribution in [0.3, 0.4) is 0 Å². The number of fused-ring (bicyclic) bond motifs is 1. The molecule has 28 heavy (non-hydrogen) atoms. The van der Waals surface area contributed by atoms with E-state index < -0.39 is 5.91 Å². The van der Waals surface area contributed by atoms with E-state index in [1.165, 1.54) is 25.5 Å². The number of nitriles is 1. The van der Waals surface area contributed by atoms with Gasteiger partial charge in [0.1, 0.15) is 29.2 Å². The Morgan fingerprint density at radius 3 is 2.79 bits per heavy atom. The average Bonchev–Trinajstić information content (AvgIpc) is 2.68. The van der Waals surface area contributed by atoms with Crippen LogP contribution in [0.1, 0.15) is 11.1 Å². The van der Waals surface area contributed by atoms with Crippen molar-refractivity contribution in [1.82, 2.24) is 0 Å². The van der Waals surface area contributed by atoms with E-state index >= 15 is 0 Å². The molecular formula is C21H15ClN2O4. The summed E-state index contributed by atoms with van der Waals surface area (Å²) in [6.07, 6.45) is 2.42. The molecule has 0 saturated heterocycles. The van der Waals surface area contributed by atoms with Crippen LogP contribution in [-0.2, 0) is 4.79 Å². The summed E-state index contributed by atoms with van der Waals surface area (Å²) in [6.45, 7) is 1.86. The second kappa shape index (κ2) is 7.99. The molecule has 0 bridgehead atoms. The van der Waals surface area contributed by atoms with E-state index in [9.17, 15) is 14.9 Å². The molecule has 0 fully saturated rings. The van der Waals surface area contributed by atoms with E-state index in [0.717, 1.165) is 5.56 Å². The molecule has 0 atom stereocenters. The maximum absolute atomic E-state index is 12.7. The third-order valence-corrected chi connectivity index (χ3v) is 4.26. The predicted molar refractivity (Wildman–Crippen MR) is 107 cm³/mol. The first-order valence-electron chi connectivity index (χ1n) is 8.22. The zero-order chi connectivity index (χ0) is 20.3. The molecule has 1 aromatic heterocycles. The highest BCUT2D eigenvalue weighted by molar-refractivity contribution is 6.31. The third-order valence-electron chi connectivity index (χ3n) is 4.03. The van der Waals surface area contributed by atoms with Gasteiger partial charge in [-0.3, -0.25) is 9.59 Å². The number of carbonyl (C=O) groups is 1. The van der Waals surface area contributed by atoms with Gasteiger partial charge in [-0.2, -0.15) is 5.26 Å². The average molecular weight is 395 g/mol. The van der Waals surface area contributed by atoms with Crippen molar-refractivity contribution in [3.63, 3.8) is 0 Å². The Kier molecular flexibility index (Phi) is 5.48. The molecule has 0 saturated carbocycles. The molecule has 140 valence electrons. The second-order valence-electron chi connectivity index (χ2n) is 5.99. The fraction of sp³-hybridized carbons (Fsp3) is 0.0952. The lowest BCUT2D eigenvalue weighted by molar-refractivity contribution is -0.112. The third kappa shape index (κ3) is 3.90. The Balaban J connectivity index is 1.99. The van der Waals surface area contributed by atoms with Gasteiger partial charge in [-0.05, 0) is 43.3 Å². The number of aryl methyl sites for hydroxylation is 1. The summed E-state index contributed by atoms with van der Waals surface area (Å²) in [5, 5.41) is 12.7. The van der Waals surface area contributed by atoms with Crippen LogP contribution in [0, 0.1) is 18.3 Å². The molecule has 0 aliphatic heterocycles. The summed E-state index contributed by atoms with van der Waals surface area (Å²) >= 11 is 5.95. The van der Waals surface area contributed by atoms with Gasteiger partial charge in [-0.1, -0.05) is 23.2 Å². The van der Waals surface area contributed by atoms with Crippen molar-refractivity contribution < 1.29 is 13.9 Å². The van der Waals surface area contributed by atoms with E-state index in [0.29, 0.717) is 27.4 Å². The quantitative estimate of drug-likeness (QED) is 0.525. The Hall–Kier alpha value is -3.56. The highest BCUT2D eigenvalue weighted by Gasteiger charge is 2.15. The van der Waals surface area contributed by atoms with E-state index in [1.54, 1.807) is 30.3 Å². The lowest BCUT2D eigenvalue weighted by atomic mass is 10.1. The van der Waals surface area contributed by atoms with Crippen molar-refractivity contribution in [2.75, 3.05) is 12.4 Å². The first kappa shape index (κ1) is 19.2. The topological polar surface area (TPSA) is 92.3 Å². The summed E-state index contributed by atoms with van der Waals surface area (Å²) < 4.78 is 10.6. The molecule has 1 N–H and O–H groups in total. The summed E-state index contributed by atoms with van der Waals surface area (Å²) in [4.78, 5) is 25.2. The summed E-state index contributed by atoms with van der Waals surface area (Å²) in [6, 6.07) is 11.7. The van der Waals surface area contributed by atoms with Gasteiger partial charge in [0.25, 0.3) is 5.91 Å². The van der Waals surface area contributed by atoms with Crippen LogP contribution in [-0.4, -0.2) is 13.0 Å². The summed E-state index contributed by atoms with van der Waals surface area (Å²) in [7, 11) is 1.45. The predicted octanol–water partition coefficient (Wildman–Crippen LogP) is 4.31. The van der Waals surface area contributed by atoms with Gasteiger partial charge in [0.2, 0.25) is 0 Å². The maximum atomic E-state index is 12.7. The van der Waals surface area contributed by atoms with Crippen LogP contribution < -0.4 is 15.5 Å². The highest BCUT2D eigenvalue weighted by atomic mass is 35.5. The van der Waals surface area contributed by atoms with Crippen molar-refractivity contribution in [3.05, 3.63) is 74.6 Å². The molecule has 0 aliphatic rings. The van der Waals surface area contributed by atoms with Gasteiger partial charge in [0.05, 0.1) is 23.7 Å². The molecule has 1 heterocycles. The molecule has 2 aromatic carbocycles. The van der Waals surface area contributed by atoms with Gasteiger partial charge < -0.3 is 14.5 Å². The minimum absolute atomic E-state index is 0.0999. The SMILES string of the molecule is COc1ccc(Cl)cc1NC(=O)/C(C#N)=C/c1coc2ccc(C)cc2c1=O. The largest absolute Gasteiger partial charge is 0.495 e. The minimum atomic E-state index is -0.702. The van der Waals surface area contributed by atoms with Crippen molar-refractivity contribution in [1.29, 1.82) is 5.26 Å². The number of halogens is 1. The number of rotatable bonds is 4. The molecule has 7 heteroatoms. The number of amides is 1. The highest BCUT2D eigenvalue weighted by Crippen LogP contribution is 2.28. The van der Waals surface area contributed by atoms with Crippen molar-refractivity contribution in [2.45, 2.75) is 6.92 Å². The lowest BCUT2D eigenvalue weighted by Crippen LogP contribution is -2.15. The maximum Gasteiger partial charge on any atom is 0.266 e. The van der Waals surface area contributed by atoms with Crippen molar-refractivity contribution in [3.8, 4) is 11.8 Å². The van der Waals surface area contributed by atoms with Gasteiger partial charge in [-0.25, -0.2) is 0 Å². The fourth-order valence-electron chi connectivity index (χ4n) is 2.63. The van der Waals surface area contributed by atoms with Crippen molar-refractivity contribution in [2.24, 2.45) is 0 Å². The van der Waals surface area contributed by atoms with Gasteiger partial charge in [0.15, 0.2) is 5.43 Å². The van der Waals surface area contributed by atoms with Crippen LogP contribution in [0.15, 0.2) is 57.4 Å². The first-order chi connectivity index (χ1) is 13.4. The van der Waals surface area contributed by atoms with E-state index in [1.807, 2.05) is 13.0 Å². The fourth-order valence-corrected chi connectivity index (χ4v) is 2.80. The molecular weight excluding hydrogens is 380 g/mol. The van der Waals surface area contributed by atoms with Crippen LogP contribution in [0.5, 0.6) is 5.75 Å². The van der Waals surface area contributed by atoms with Crippen LogP contribution in [0.25, 0.3) is 17.0 Å². The Labute approximate surface area is 165 Å². The lowest BCUT2D eigenvalue weighted by Gasteiger charge is -2.10. The number of nitrogens with zero attached hydrogens (tertiary/aromatic N) is 1. The van der Waals surface area contributed by atoms with Gasteiger partial charge >= 0.3 is 0 Å². The standard InChI is InChI=1S/C21H15ClN2O4/c1-12-3-5-18-16(7-12)20(25)14(11-28-18)8-13(10-23)21(26)24-17-9-15(22)4-6-19(17)27-2/h3-9,11H,1-2H3,(H,24,26)/b13-8+. The molecule has 0 radical (unpaired) electrons.